The van der Waals surface area contributed by atoms with Gasteiger partial charge in [-0.25, -0.2) is 0 Å². The molecule has 1 saturated heterocycles. The quantitative estimate of drug-likeness (QED) is 0.331. The molecule has 12 heteroatoms. The van der Waals surface area contributed by atoms with Crippen LogP contribution >= 0.6 is 22.6 Å². The normalized spacial score (nSPS) is 19.8. The van der Waals surface area contributed by atoms with Gasteiger partial charge in [-0.05, 0) is 22.6 Å². The van der Waals surface area contributed by atoms with E-state index in [0.717, 1.165) is 3.57 Å². The van der Waals surface area contributed by atoms with Crippen LogP contribution in [0, 0.1) is 21.3 Å². The number of nitrogens with zero attached hydrogens (tertiary/aromatic N) is 3. The Morgan fingerprint density at radius 3 is 2.36 bits per heavy atom. The van der Waals surface area contributed by atoms with E-state index in [1.807, 2.05) is 6.20 Å². The number of anilines is 1. The van der Waals surface area contributed by atoms with Crippen LogP contribution in [0.1, 0.15) is 54.2 Å². The number of carbonyl (C=O) groups is 3. The second kappa shape index (κ2) is 11.7. The van der Waals surface area contributed by atoms with Crippen LogP contribution in [0.15, 0.2) is 6.20 Å². The van der Waals surface area contributed by atoms with Gasteiger partial charge in [0, 0.05) is 22.1 Å². The molecule has 0 spiro atoms. The molecule has 0 bridgehead atoms. The molecule has 1 aliphatic rings. The molecule has 3 rings (SSSR count). The van der Waals surface area contributed by atoms with Crippen molar-refractivity contribution in [3.8, 4) is 5.88 Å². The number of nitrogens with one attached hydrogen (secondary N) is 1. The van der Waals surface area contributed by atoms with Crippen molar-refractivity contribution in [2.45, 2.75) is 66.4 Å². The summed E-state index contributed by atoms with van der Waals surface area (Å²) in [5, 5.41) is 3.37. The minimum atomic E-state index is -0.653. The molecular formula is C24H33IN4O7. The Morgan fingerprint density at radius 2 is 1.78 bits per heavy atom. The molecule has 0 saturated carbocycles. The summed E-state index contributed by atoms with van der Waals surface area (Å²) in [5.41, 5.74) is 0.490. The number of halogens is 1. The maximum Gasteiger partial charge on any atom is 0.308 e. The van der Waals surface area contributed by atoms with E-state index in [0.29, 0.717) is 23.3 Å². The van der Waals surface area contributed by atoms with Gasteiger partial charge in [0.1, 0.15) is 25.0 Å². The topological polar surface area (TPSA) is 131 Å². The lowest BCUT2D eigenvalue weighted by atomic mass is 10.1. The Balaban J connectivity index is 1.96. The number of hydrogen-bond acceptors (Lipinski definition) is 9. The third-order valence-electron chi connectivity index (χ3n) is 5.64. The first-order chi connectivity index (χ1) is 16.9. The average molecular weight is 616 g/mol. The third-order valence-corrected chi connectivity index (χ3v) is 6.45. The van der Waals surface area contributed by atoms with Gasteiger partial charge < -0.3 is 23.5 Å². The van der Waals surface area contributed by atoms with Crippen molar-refractivity contribution in [2.24, 2.45) is 17.8 Å². The Labute approximate surface area is 223 Å². The summed E-state index contributed by atoms with van der Waals surface area (Å²) in [6, 6.07) is 0. The van der Waals surface area contributed by atoms with Crippen LogP contribution in [0.5, 0.6) is 5.88 Å². The lowest BCUT2D eigenvalue weighted by molar-refractivity contribution is -0.162. The summed E-state index contributed by atoms with van der Waals surface area (Å²) < 4.78 is 25.5. The number of rotatable bonds is 9. The zero-order valence-electron chi connectivity index (χ0n) is 21.5. The van der Waals surface area contributed by atoms with Gasteiger partial charge in [0.15, 0.2) is 5.65 Å². The first kappa shape index (κ1) is 28.1. The summed E-state index contributed by atoms with van der Waals surface area (Å²) in [7, 11) is 1.50. The Hall–Kier alpha value is -2.48. The first-order valence-electron chi connectivity index (χ1n) is 11.9. The zero-order chi connectivity index (χ0) is 26.7. The fourth-order valence-corrected chi connectivity index (χ4v) is 4.28. The van der Waals surface area contributed by atoms with E-state index in [1.54, 1.807) is 46.1 Å². The molecule has 11 nitrogen and oxygen atoms in total. The molecule has 1 aliphatic heterocycles. The standard InChI is InChI=1S/C24H33IN4O7/c1-11(2)20(30)27-24-26-19-18(21(28-24)33-7)14(25)9-29(19)17-8-15(36-23(32)13(5)6)16(35-17)10-34-22(31)12(3)4/h9,11-13,15-17H,8,10H2,1-7H3,(H,26,27,28,30)/t15-,16+,17?/m0/s1. The van der Waals surface area contributed by atoms with Crippen LogP contribution in [0.4, 0.5) is 5.95 Å². The minimum Gasteiger partial charge on any atom is -0.480 e. The van der Waals surface area contributed by atoms with Gasteiger partial charge in [-0.3, -0.25) is 19.7 Å². The first-order valence-corrected chi connectivity index (χ1v) is 13.0. The predicted molar refractivity (Wildman–Crippen MR) is 139 cm³/mol. The highest BCUT2D eigenvalue weighted by molar-refractivity contribution is 14.1. The summed E-state index contributed by atoms with van der Waals surface area (Å²) in [5.74, 6) is -1.40. The van der Waals surface area contributed by atoms with Crippen LogP contribution in [-0.4, -0.2) is 58.3 Å². The molecule has 2 aromatic heterocycles. The largest absolute Gasteiger partial charge is 0.480 e. The van der Waals surface area contributed by atoms with Crippen LogP contribution in [-0.2, 0) is 28.6 Å². The van der Waals surface area contributed by atoms with Crippen molar-refractivity contribution in [2.75, 3.05) is 19.0 Å². The smallest absolute Gasteiger partial charge is 0.308 e. The molecule has 0 aromatic carbocycles. The van der Waals surface area contributed by atoms with Gasteiger partial charge >= 0.3 is 11.9 Å². The summed E-state index contributed by atoms with van der Waals surface area (Å²) >= 11 is 2.16. The molecule has 3 atom stereocenters. The fraction of sp³-hybridized carbons (Fsp3) is 0.625. The third kappa shape index (κ3) is 6.25. The van der Waals surface area contributed by atoms with E-state index in [-0.39, 0.29) is 48.2 Å². The van der Waals surface area contributed by atoms with Crippen molar-refractivity contribution in [1.82, 2.24) is 14.5 Å². The van der Waals surface area contributed by atoms with Crippen molar-refractivity contribution in [3.05, 3.63) is 9.77 Å². The second-order valence-corrected chi connectivity index (χ2v) is 10.7. The van der Waals surface area contributed by atoms with Crippen LogP contribution in [0.2, 0.25) is 0 Å². The van der Waals surface area contributed by atoms with Crippen molar-refractivity contribution < 1.29 is 33.3 Å². The Kier molecular flexibility index (Phi) is 9.14. The number of hydrogen-bond donors (Lipinski definition) is 1. The van der Waals surface area contributed by atoms with E-state index in [1.165, 1.54) is 7.11 Å². The molecule has 1 amide bonds. The van der Waals surface area contributed by atoms with Gasteiger partial charge in [0.05, 0.1) is 24.3 Å². The number of esters is 2. The van der Waals surface area contributed by atoms with Gasteiger partial charge in [-0.2, -0.15) is 9.97 Å². The number of ether oxygens (including phenoxy) is 4. The molecule has 1 N–H and O–H groups in total. The highest BCUT2D eigenvalue weighted by Gasteiger charge is 2.41. The lowest BCUT2D eigenvalue weighted by Gasteiger charge is -2.20. The highest BCUT2D eigenvalue weighted by atomic mass is 127. The monoisotopic (exact) mass is 616 g/mol. The van der Waals surface area contributed by atoms with Crippen molar-refractivity contribution in [1.29, 1.82) is 0 Å². The van der Waals surface area contributed by atoms with Crippen LogP contribution in [0.3, 0.4) is 0 Å². The molecule has 0 radical (unpaired) electrons. The Bertz CT molecular complexity index is 1130. The molecular weight excluding hydrogens is 583 g/mol. The average Bonchev–Trinajstić information content (AvgIpc) is 3.36. The zero-order valence-corrected chi connectivity index (χ0v) is 23.7. The van der Waals surface area contributed by atoms with Crippen LogP contribution < -0.4 is 10.1 Å². The summed E-state index contributed by atoms with van der Waals surface area (Å²) in [6.45, 7) is 10.5. The molecule has 1 unspecified atom stereocenters. The molecule has 36 heavy (non-hydrogen) atoms. The molecule has 1 fully saturated rings. The predicted octanol–water partition coefficient (Wildman–Crippen LogP) is 3.69. The highest BCUT2D eigenvalue weighted by Crippen LogP contribution is 2.38. The van der Waals surface area contributed by atoms with Crippen molar-refractivity contribution >= 4 is 57.4 Å². The van der Waals surface area contributed by atoms with E-state index < -0.39 is 18.4 Å². The number of amides is 1. The number of methoxy groups -OCH3 is 1. The van der Waals surface area contributed by atoms with Gasteiger partial charge in [0.2, 0.25) is 17.7 Å². The maximum absolute atomic E-state index is 12.4. The summed E-state index contributed by atoms with van der Waals surface area (Å²) in [4.78, 5) is 45.6. The molecule has 2 aromatic rings. The minimum absolute atomic E-state index is 0.0478. The SMILES string of the molecule is COc1nc(NC(=O)C(C)C)nc2c1c(I)cn2C1C[C@H](OC(=O)C(C)C)[C@@H](COC(=O)C(C)C)O1. The van der Waals surface area contributed by atoms with Gasteiger partial charge in [-0.15, -0.1) is 0 Å². The number of fused-ring (bicyclic) bond motifs is 1. The fourth-order valence-electron chi connectivity index (χ4n) is 3.51. The van der Waals surface area contributed by atoms with E-state index in [9.17, 15) is 14.4 Å². The molecule has 3 heterocycles. The second-order valence-electron chi connectivity index (χ2n) is 9.56. The molecule has 198 valence electrons. The van der Waals surface area contributed by atoms with Gasteiger partial charge in [0.25, 0.3) is 0 Å². The maximum atomic E-state index is 12.4. The van der Waals surface area contributed by atoms with Crippen molar-refractivity contribution in [3.63, 3.8) is 0 Å². The van der Waals surface area contributed by atoms with E-state index >= 15 is 0 Å². The Morgan fingerprint density at radius 1 is 1.11 bits per heavy atom. The van der Waals surface area contributed by atoms with E-state index in [4.69, 9.17) is 18.9 Å². The number of carbonyl (C=O) groups excluding carboxylic acids is 3. The molecule has 0 aliphatic carbocycles. The number of aromatic nitrogens is 3. The summed E-state index contributed by atoms with van der Waals surface area (Å²) in [6.07, 6.45) is 0.313. The lowest BCUT2D eigenvalue weighted by Crippen LogP contribution is -2.33. The van der Waals surface area contributed by atoms with Gasteiger partial charge in [-0.1, -0.05) is 41.5 Å². The van der Waals surface area contributed by atoms with E-state index in [2.05, 4.69) is 37.9 Å². The van der Waals surface area contributed by atoms with Crippen LogP contribution in [0.25, 0.3) is 11.0 Å².